The van der Waals surface area contributed by atoms with Gasteiger partial charge in [-0.2, -0.15) is 0 Å². The smallest absolute Gasteiger partial charge is 0.0931 e. The Morgan fingerprint density at radius 1 is 1.24 bits per heavy atom. The second-order valence-corrected chi connectivity index (χ2v) is 6.52. The van der Waals surface area contributed by atoms with Crippen molar-refractivity contribution in [3.8, 4) is 0 Å². The van der Waals surface area contributed by atoms with Crippen molar-refractivity contribution in [2.75, 3.05) is 6.54 Å². The molecule has 4 heteroatoms. The fourth-order valence-corrected chi connectivity index (χ4v) is 3.61. The SMILES string of the molecule is NCC(Cc1ccc(Cl)s1)c1ccccc1Br. The molecule has 2 N–H and O–H groups in total. The topological polar surface area (TPSA) is 26.0 Å². The van der Waals surface area contributed by atoms with Crippen molar-refractivity contribution in [1.82, 2.24) is 0 Å². The Balaban J connectivity index is 2.20. The monoisotopic (exact) mass is 329 g/mol. The molecule has 2 aromatic rings. The van der Waals surface area contributed by atoms with E-state index in [9.17, 15) is 0 Å². The summed E-state index contributed by atoms with van der Waals surface area (Å²) in [5.41, 5.74) is 7.14. The van der Waals surface area contributed by atoms with Crippen LogP contribution < -0.4 is 5.73 Å². The lowest BCUT2D eigenvalue weighted by molar-refractivity contribution is 0.698. The van der Waals surface area contributed by atoms with Crippen LogP contribution in [0.1, 0.15) is 16.4 Å². The summed E-state index contributed by atoms with van der Waals surface area (Å²) < 4.78 is 1.96. The maximum atomic E-state index is 5.94. The molecule has 90 valence electrons. The van der Waals surface area contributed by atoms with Crippen LogP contribution >= 0.6 is 38.9 Å². The standard InChI is InChI=1S/C13H13BrClNS/c14-12-4-2-1-3-11(12)9(8-16)7-10-5-6-13(15)17-10/h1-6,9H,7-8,16H2. The van der Waals surface area contributed by atoms with Crippen LogP contribution in [0.15, 0.2) is 40.9 Å². The van der Waals surface area contributed by atoms with Gasteiger partial charge in [0.25, 0.3) is 0 Å². The maximum Gasteiger partial charge on any atom is 0.0931 e. The van der Waals surface area contributed by atoms with Crippen LogP contribution in [0, 0.1) is 0 Å². The molecule has 1 unspecified atom stereocenters. The summed E-state index contributed by atoms with van der Waals surface area (Å²) in [5.74, 6) is 0.334. The predicted octanol–water partition coefficient (Wildman–Crippen LogP) is 4.45. The minimum absolute atomic E-state index is 0.334. The van der Waals surface area contributed by atoms with Gasteiger partial charge in [-0.25, -0.2) is 0 Å². The second kappa shape index (κ2) is 6.01. The van der Waals surface area contributed by atoms with Crippen LogP contribution in [0.25, 0.3) is 0 Å². The third kappa shape index (κ3) is 3.32. The van der Waals surface area contributed by atoms with Crippen molar-refractivity contribution in [3.63, 3.8) is 0 Å². The van der Waals surface area contributed by atoms with Gasteiger partial charge < -0.3 is 5.73 Å². The maximum absolute atomic E-state index is 5.94. The Morgan fingerprint density at radius 3 is 2.59 bits per heavy atom. The Labute approximate surface area is 119 Å². The molecule has 0 aliphatic heterocycles. The lowest BCUT2D eigenvalue weighted by Gasteiger charge is -2.15. The highest BCUT2D eigenvalue weighted by atomic mass is 79.9. The molecule has 0 saturated carbocycles. The summed E-state index contributed by atoms with van der Waals surface area (Å²) in [6.45, 7) is 0.637. The number of hydrogen-bond acceptors (Lipinski definition) is 2. The Bertz CT molecular complexity index is 498. The van der Waals surface area contributed by atoms with Gasteiger partial charge in [0.15, 0.2) is 0 Å². The molecule has 0 radical (unpaired) electrons. The van der Waals surface area contributed by atoms with Crippen molar-refractivity contribution >= 4 is 38.9 Å². The highest BCUT2D eigenvalue weighted by molar-refractivity contribution is 9.10. The van der Waals surface area contributed by atoms with Gasteiger partial charge in [-0.05, 0) is 36.7 Å². The van der Waals surface area contributed by atoms with Gasteiger partial charge in [0.05, 0.1) is 4.34 Å². The van der Waals surface area contributed by atoms with E-state index in [0.29, 0.717) is 12.5 Å². The molecule has 0 amide bonds. The Morgan fingerprint density at radius 2 is 2.00 bits per heavy atom. The molecule has 1 nitrogen and oxygen atoms in total. The number of hydrogen-bond donors (Lipinski definition) is 1. The largest absolute Gasteiger partial charge is 0.330 e. The van der Waals surface area contributed by atoms with Crippen LogP contribution in [-0.2, 0) is 6.42 Å². The van der Waals surface area contributed by atoms with Crippen molar-refractivity contribution in [2.24, 2.45) is 5.73 Å². The Kier molecular flexibility index (Phi) is 4.62. The third-order valence-corrected chi connectivity index (χ3v) is 4.68. The molecule has 1 aromatic carbocycles. The van der Waals surface area contributed by atoms with E-state index < -0.39 is 0 Å². The van der Waals surface area contributed by atoms with E-state index in [0.717, 1.165) is 15.2 Å². The van der Waals surface area contributed by atoms with Gasteiger partial charge >= 0.3 is 0 Å². The van der Waals surface area contributed by atoms with Crippen LogP contribution in [0.2, 0.25) is 4.34 Å². The second-order valence-electron chi connectivity index (χ2n) is 3.86. The first kappa shape index (κ1) is 13.1. The molecule has 1 heterocycles. The van der Waals surface area contributed by atoms with Crippen LogP contribution in [0.5, 0.6) is 0 Å². The van der Waals surface area contributed by atoms with E-state index in [1.165, 1.54) is 10.4 Å². The molecule has 1 aromatic heterocycles. The van der Waals surface area contributed by atoms with Crippen molar-refractivity contribution in [2.45, 2.75) is 12.3 Å². The molecule has 1 atom stereocenters. The quantitative estimate of drug-likeness (QED) is 0.880. The van der Waals surface area contributed by atoms with Gasteiger partial charge in [0, 0.05) is 15.3 Å². The normalized spacial score (nSPS) is 12.6. The zero-order valence-electron chi connectivity index (χ0n) is 9.20. The average Bonchev–Trinajstić information content (AvgIpc) is 2.73. The van der Waals surface area contributed by atoms with E-state index >= 15 is 0 Å². The molecule has 0 bridgehead atoms. The highest BCUT2D eigenvalue weighted by Gasteiger charge is 2.14. The Hall–Kier alpha value is -0.350. The molecular weight excluding hydrogens is 318 g/mol. The number of rotatable bonds is 4. The number of halogens is 2. The summed E-state index contributed by atoms with van der Waals surface area (Å²) in [6.07, 6.45) is 0.941. The van der Waals surface area contributed by atoms with Crippen molar-refractivity contribution in [3.05, 3.63) is 55.6 Å². The van der Waals surface area contributed by atoms with Gasteiger partial charge in [0.1, 0.15) is 0 Å². The van der Waals surface area contributed by atoms with Gasteiger partial charge in [-0.15, -0.1) is 11.3 Å². The number of thiophene rings is 1. The highest BCUT2D eigenvalue weighted by Crippen LogP contribution is 2.30. The summed E-state index contributed by atoms with van der Waals surface area (Å²) in [7, 11) is 0. The van der Waals surface area contributed by atoms with E-state index in [1.54, 1.807) is 11.3 Å². The van der Waals surface area contributed by atoms with Crippen molar-refractivity contribution < 1.29 is 0 Å². The zero-order valence-corrected chi connectivity index (χ0v) is 12.4. The minimum atomic E-state index is 0.334. The van der Waals surface area contributed by atoms with E-state index in [-0.39, 0.29) is 0 Å². The predicted molar refractivity (Wildman–Crippen MR) is 79.0 cm³/mol. The zero-order chi connectivity index (χ0) is 12.3. The first-order valence-corrected chi connectivity index (χ1v) is 7.38. The van der Waals surface area contributed by atoms with Crippen LogP contribution in [-0.4, -0.2) is 6.54 Å². The molecular formula is C13H13BrClNS. The minimum Gasteiger partial charge on any atom is -0.330 e. The lowest BCUT2D eigenvalue weighted by Crippen LogP contribution is -2.15. The van der Waals surface area contributed by atoms with Gasteiger partial charge in [-0.1, -0.05) is 45.7 Å². The first-order valence-electron chi connectivity index (χ1n) is 5.39. The van der Waals surface area contributed by atoms with E-state index in [2.05, 4.69) is 34.1 Å². The lowest BCUT2D eigenvalue weighted by atomic mass is 9.95. The van der Waals surface area contributed by atoms with Crippen LogP contribution in [0.4, 0.5) is 0 Å². The summed E-state index contributed by atoms with van der Waals surface area (Å²) >= 11 is 11.1. The van der Waals surface area contributed by atoms with Gasteiger partial charge in [-0.3, -0.25) is 0 Å². The molecule has 0 aliphatic rings. The molecule has 0 fully saturated rings. The first-order chi connectivity index (χ1) is 8.20. The summed E-state index contributed by atoms with van der Waals surface area (Å²) in [5, 5.41) is 0. The summed E-state index contributed by atoms with van der Waals surface area (Å²) in [6, 6.07) is 12.3. The fourth-order valence-electron chi connectivity index (χ4n) is 1.83. The third-order valence-electron chi connectivity index (χ3n) is 2.71. The molecule has 0 aliphatic carbocycles. The molecule has 0 spiro atoms. The number of benzene rings is 1. The molecule has 17 heavy (non-hydrogen) atoms. The van der Waals surface area contributed by atoms with Crippen LogP contribution in [0.3, 0.4) is 0 Å². The number of nitrogens with two attached hydrogens (primary N) is 1. The molecule has 0 saturated heterocycles. The van der Waals surface area contributed by atoms with E-state index in [4.69, 9.17) is 17.3 Å². The summed E-state index contributed by atoms with van der Waals surface area (Å²) in [4.78, 5) is 1.28. The van der Waals surface area contributed by atoms with Gasteiger partial charge in [0.2, 0.25) is 0 Å². The molecule has 2 rings (SSSR count). The average molecular weight is 331 g/mol. The van der Waals surface area contributed by atoms with Crippen molar-refractivity contribution in [1.29, 1.82) is 0 Å². The van der Waals surface area contributed by atoms with E-state index in [1.807, 2.05) is 18.2 Å². The fraction of sp³-hybridized carbons (Fsp3) is 0.231.